The van der Waals surface area contributed by atoms with Crippen molar-refractivity contribution in [1.82, 2.24) is 4.90 Å². The highest BCUT2D eigenvalue weighted by Crippen LogP contribution is 2.28. The van der Waals surface area contributed by atoms with Crippen LogP contribution in [0, 0.1) is 11.8 Å². The maximum Gasteiger partial charge on any atom is 0.120 e. The van der Waals surface area contributed by atoms with Gasteiger partial charge in [-0.05, 0) is 56.0 Å². The van der Waals surface area contributed by atoms with E-state index in [2.05, 4.69) is 18.7 Å². The summed E-state index contributed by atoms with van der Waals surface area (Å²) in [6.07, 6.45) is 2.53. The summed E-state index contributed by atoms with van der Waals surface area (Å²) in [6.45, 7) is 7.69. The van der Waals surface area contributed by atoms with Crippen LogP contribution in [0.4, 0.5) is 0 Å². The van der Waals surface area contributed by atoms with Gasteiger partial charge in [0.15, 0.2) is 0 Å². The molecule has 1 fully saturated rings. The molecule has 1 N–H and O–H groups in total. The van der Waals surface area contributed by atoms with E-state index in [0.29, 0.717) is 5.75 Å². The highest BCUT2D eigenvalue weighted by Gasteiger charge is 2.22. The van der Waals surface area contributed by atoms with Crippen LogP contribution in [-0.2, 0) is 6.54 Å². The summed E-state index contributed by atoms with van der Waals surface area (Å²) in [6, 6.07) is 5.45. The van der Waals surface area contributed by atoms with E-state index >= 15 is 0 Å². The predicted octanol–water partition coefficient (Wildman–Crippen LogP) is 3.27. The second kappa shape index (κ2) is 6.29. The Hall–Kier alpha value is -1.22. The second-order valence-corrected chi connectivity index (χ2v) is 5.85. The number of hydrogen-bond donors (Lipinski definition) is 1. The number of benzene rings is 1. The van der Waals surface area contributed by atoms with Gasteiger partial charge in [-0.3, -0.25) is 4.90 Å². The van der Waals surface area contributed by atoms with E-state index < -0.39 is 0 Å². The molecule has 2 rings (SSSR count). The van der Waals surface area contributed by atoms with Gasteiger partial charge in [-0.15, -0.1) is 0 Å². The summed E-state index contributed by atoms with van der Waals surface area (Å²) >= 11 is 0. The highest BCUT2D eigenvalue weighted by atomic mass is 16.5. The van der Waals surface area contributed by atoms with Crippen LogP contribution in [0.1, 0.15) is 32.3 Å². The monoisotopic (exact) mass is 263 g/mol. The molecule has 1 aliphatic heterocycles. The fourth-order valence-electron chi connectivity index (χ4n) is 2.83. The van der Waals surface area contributed by atoms with Crippen LogP contribution in [0.15, 0.2) is 18.2 Å². The normalized spacial score (nSPS) is 17.9. The molecule has 0 aromatic heterocycles. The second-order valence-electron chi connectivity index (χ2n) is 5.85. The van der Waals surface area contributed by atoms with Crippen molar-refractivity contribution in [3.05, 3.63) is 23.8 Å². The summed E-state index contributed by atoms with van der Waals surface area (Å²) in [5.41, 5.74) is 0.961. The zero-order chi connectivity index (χ0) is 13.8. The fourth-order valence-corrected chi connectivity index (χ4v) is 2.83. The zero-order valence-electron chi connectivity index (χ0n) is 12.2. The van der Waals surface area contributed by atoms with E-state index in [1.807, 2.05) is 6.07 Å². The molecule has 1 heterocycles. The van der Waals surface area contributed by atoms with Crippen molar-refractivity contribution in [2.24, 2.45) is 11.8 Å². The number of phenols is 1. The van der Waals surface area contributed by atoms with E-state index in [9.17, 15) is 5.11 Å². The quantitative estimate of drug-likeness (QED) is 0.905. The molecule has 0 radical (unpaired) electrons. The van der Waals surface area contributed by atoms with Gasteiger partial charge >= 0.3 is 0 Å². The van der Waals surface area contributed by atoms with E-state index in [1.54, 1.807) is 19.2 Å². The predicted molar refractivity (Wildman–Crippen MR) is 77.5 cm³/mol. The largest absolute Gasteiger partial charge is 0.508 e. The van der Waals surface area contributed by atoms with E-state index in [0.717, 1.165) is 42.8 Å². The summed E-state index contributed by atoms with van der Waals surface area (Å²) in [4.78, 5) is 2.42. The lowest BCUT2D eigenvalue weighted by Gasteiger charge is -2.34. The van der Waals surface area contributed by atoms with Gasteiger partial charge in [0.1, 0.15) is 11.5 Å². The SMILES string of the molecule is COc1ccc(O)c(CN2CCC(C(C)C)CC2)c1. The Labute approximate surface area is 116 Å². The van der Waals surface area contributed by atoms with E-state index in [4.69, 9.17) is 4.74 Å². The summed E-state index contributed by atoms with van der Waals surface area (Å²) in [5, 5.41) is 9.92. The first-order valence-electron chi connectivity index (χ1n) is 7.18. The van der Waals surface area contributed by atoms with Crippen molar-refractivity contribution in [1.29, 1.82) is 0 Å². The van der Waals surface area contributed by atoms with Crippen LogP contribution >= 0.6 is 0 Å². The van der Waals surface area contributed by atoms with Crippen LogP contribution in [0.3, 0.4) is 0 Å². The highest BCUT2D eigenvalue weighted by molar-refractivity contribution is 5.39. The standard InChI is InChI=1S/C16H25NO2/c1-12(2)13-6-8-17(9-7-13)11-14-10-15(19-3)4-5-16(14)18/h4-5,10,12-13,18H,6-9,11H2,1-3H3. The zero-order valence-corrected chi connectivity index (χ0v) is 12.2. The third-order valence-corrected chi connectivity index (χ3v) is 4.26. The Kier molecular flexibility index (Phi) is 4.70. The van der Waals surface area contributed by atoms with Gasteiger partial charge < -0.3 is 9.84 Å². The molecule has 0 spiro atoms. The topological polar surface area (TPSA) is 32.7 Å². The molecule has 0 aliphatic carbocycles. The minimum atomic E-state index is 0.367. The third-order valence-electron chi connectivity index (χ3n) is 4.26. The summed E-state index contributed by atoms with van der Waals surface area (Å²) < 4.78 is 5.22. The molecule has 1 saturated heterocycles. The van der Waals surface area contributed by atoms with Gasteiger partial charge in [0, 0.05) is 12.1 Å². The Balaban J connectivity index is 1.95. The molecule has 3 heteroatoms. The number of rotatable bonds is 4. The van der Waals surface area contributed by atoms with Gasteiger partial charge in [-0.2, -0.15) is 0 Å². The number of ether oxygens (including phenoxy) is 1. The molecule has 19 heavy (non-hydrogen) atoms. The molecule has 1 aromatic carbocycles. The van der Waals surface area contributed by atoms with E-state index in [1.165, 1.54) is 12.8 Å². The first kappa shape index (κ1) is 14.2. The molecule has 1 aliphatic rings. The van der Waals surface area contributed by atoms with Crippen LogP contribution in [-0.4, -0.2) is 30.2 Å². The lowest BCUT2D eigenvalue weighted by molar-refractivity contribution is 0.151. The van der Waals surface area contributed by atoms with Gasteiger partial charge in [-0.25, -0.2) is 0 Å². The van der Waals surface area contributed by atoms with Crippen LogP contribution < -0.4 is 4.74 Å². The molecular weight excluding hydrogens is 238 g/mol. The fraction of sp³-hybridized carbons (Fsp3) is 0.625. The number of phenolic OH excluding ortho intramolecular Hbond substituents is 1. The van der Waals surface area contributed by atoms with Crippen molar-refractivity contribution in [2.75, 3.05) is 20.2 Å². The molecule has 0 saturated carbocycles. The van der Waals surface area contributed by atoms with Gasteiger partial charge in [0.05, 0.1) is 7.11 Å². The number of likely N-dealkylation sites (tertiary alicyclic amines) is 1. The first-order valence-corrected chi connectivity index (χ1v) is 7.18. The van der Waals surface area contributed by atoms with Crippen LogP contribution in [0.5, 0.6) is 11.5 Å². The maximum atomic E-state index is 9.92. The van der Waals surface area contributed by atoms with Gasteiger partial charge in [0.2, 0.25) is 0 Å². The molecule has 1 aromatic rings. The maximum absolute atomic E-state index is 9.92. The van der Waals surface area contributed by atoms with Gasteiger partial charge in [-0.1, -0.05) is 13.8 Å². The Morgan fingerprint density at radius 3 is 2.58 bits per heavy atom. The number of piperidine rings is 1. The molecule has 3 nitrogen and oxygen atoms in total. The third kappa shape index (κ3) is 3.63. The molecule has 0 bridgehead atoms. The lowest BCUT2D eigenvalue weighted by Crippen LogP contribution is -2.34. The van der Waals surface area contributed by atoms with Crippen molar-refractivity contribution >= 4 is 0 Å². The first-order chi connectivity index (χ1) is 9.10. The molecule has 0 amide bonds. The Morgan fingerprint density at radius 1 is 1.32 bits per heavy atom. The average Bonchev–Trinajstić information content (AvgIpc) is 2.42. The average molecular weight is 263 g/mol. The smallest absolute Gasteiger partial charge is 0.120 e. The van der Waals surface area contributed by atoms with Crippen LogP contribution in [0.2, 0.25) is 0 Å². The summed E-state index contributed by atoms with van der Waals surface area (Å²) in [7, 11) is 1.66. The number of methoxy groups -OCH3 is 1. The van der Waals surface area contributed by atoms with Crippen molar-refractivity contribution in [2.45, 2.75) is 33.2 Å². The van der Waals surface area contributed by atoms with Gasteiger partial charge in [0.25, 0.3) is 0 Å². The van der Waals surface area contributed by atoms with Crippen molar-refractivity contribution in [3.63, 3.8) is 0 Å². The minimum absolute atomic E-state index is 0.367. The number of nitrogens with zero attached hydrogens (tertiary/aromatic N) is 1. The molecule has 106 valence electrons. The van der Waals surface area contributed by atoms with E-state index in [-0.39, 0.29) is 0 Å². The molecular formula is C16H25NO2. The lowest BCUT2D eigenvalue weighted by atomic mass is 9.86. The summed E-state index contributed by atoms with van der Waals surface area (Å²) in [5.74, 6) is 2.82. The Morgan fingerprint density at radius 2 is 2.00 bits per heavy atom. The minimum Gasteiger partial charge on any atom is -0.508 e. The molecule has 0 atom stereocenters. The van der Waals surface area contributed by atoms with Crippen molar-refractivity contribution in [3.8, 4) is 11.5 Å². The Bertz CT molecular complexity index is 409. The number of hydrogen-bond acceptors (Lipinski definition) is 3. The van der Waals surface area contributed by atoms with Crippen molar-refractivity contribution < 1.29 is 9.84 Å². The molecule has 0 unspecified atom stereocenters. The van der Waals surface area contributed by atoms with Crippen LogP contribution in [0.25, 0.3) is 0 Å². The number of aromatic hydroxyl groups is 1.